The molecule has 0 aromatic heterocycles. The van der Waals surface area contributed by atoms with Gasteiger partial charge in [-0.25, -0.2) is 0 Å². The molecule has 1 aliphatic heterocycles. The van der Waals surface area contributed by atoms with Crippen LogP contribution in [0.2, 0.25) is 5.02 Å². The Bertz CT molecular complexity index is 493. The number of benzene rings is 1. The number of amides is 1. The second kappa shape index (κ2) is 6.04. The van der Waals surface area contributed by atoms with E-state index in [1.807, 2.05) is 6.07 Å². The second-order valence-electron chi connectivity index (χ2n) is 4.26. The molecular formula is C13H15ClN2O3. The molecule has 1 amide bonds. The number of carbonyl (C=O) groups excluding carboxylic acids is 2. The first-order chi connectivity index (χ1) is 9.13. The van der Waals surface area contributed by atoms with E-state index in [9.17, 15) is 9.59 Å². The predicted octanol–water partition coefficient (Wildman–Crippen LogP) is 0.986. The summed E-state index contributed by atoms with van der Waals surface area (Å²) in [4.78, 5) is 25.3. The maximum absolute atomic E-state index is 12.1. The topological polar surface area (TPSA) is 58.6 Å². The summed E-state index contributed by atoms with van der Waals surface area (Å²) in [5.41, 5.74) is 0.699. The van der Waals surface area contributed by atoms with E-state index in [4.69, 9.17) is 11.6 Å². The maximum Gasteiger partial charge on any atom is 0.319 e. The first kappa shape index (κ1) is 13.8. The van der Waals surface area contributed by atoms with Crippen molar-refractivity contribution in [1.29, 1.82) is 0 Å². The fraction of sp³-hybridized carbons (Fsp3) is 0.385. The van der Waals surface area contributed by atoms with Crippen LogP contribution in [0.15, 0.2) is 24.3 Å². The molecule has 5 nitrogen and oxygen atoms in total. The van der Waals surface area contributed by atoms with Crippen LogP contribution in [-0.2, 0) is 14.3 Å². The van der Waals surface area contributed by atoms with Gasteiger partial charge in [-0.15, -0.1) is 0 Å². The number of halogens is 1. The Morgan fingerprint density at radius 2 is 2.26 bits per heavy atom. The molecule has 1 aliphatic rings. The number of hydrogen-bond donors (Lipinski definition) is 1. The van der Waals surface area contributed by atoms with Crippen LogP contribution in [-0.4, -0.2) is 43.5 Å². The molecule has 1 N–H and O–H groups in total. The van der Waals surface area contributed by atoms with E-state index in [1.54, 1.807) is 23.1 Å². The first-order valence-electron chi connectivity index (χ1n) is 5.96. The van der Waals surface area contributed by atoms with Gasteiger partial charge in [0.05, 0.1) is 13.7 Å². The number of nitrogens with zero attached hydrogens (tertiary/aromatic N) is 1. The Kier molecular flexibility index (Phi) is 4.39. The first-order valence-corrected chi connectivity index (χ1v) is 6.34. The summed E-state index contributed by atoms with van der Waals surface area (Å²) in [5.74, 6) is -0.519. The molecule has 19 heavy (non-hydrogen) atoms. The van der Waals surface area contributed by atoms with Crippen LogP contribution in [0.25, 0.3) is 0 Å². The minimum Gasteiger partial charge on any atom is -0.468 e. The Morgan fingerprint density at radius 1 is 1.53 bits per heavy atom. The molecule has 6 heteroatoms. The normalized spacial score (nSPS) is 19.9. The standard InChI is InChI=1S/C13H15ClN2O3/c1-19-11(17)8-16-7-6-15-13(18)12(16)9-4-2-3-5-10(9)14/h2-5,12H,6-8H2,1H3,(H,15,18)/t12-/m0/s1. The molecular weight excluding hydrogens is 268 g/mol. The van der Waals surface area contributed by atoms with E-state index < -0.39 is 6.04 Å². The van der Waals surface area contributed by atoms with Gasteiger partial charge in [0.1, 0.15) is 6.04 Å². The molecule has 0 bridgehead atoms. The van der Waals surface area contributed by atoms with E-state index >= 15 is 0 Å². The Hall–Kier alpha value is -1.59. The van der Waals surface area contributed by atoms with Crippen LogP contribution >= 0.6 is 11.6 Å². The van der Waals surface area contributed by atoms with E-state index in [0.29, 0.717) is 23.7 Å². The number of ether oxygens (including phenoxy) is 1. The quantitative estimate of drug-likeness (QED) is 0.840. The summed E-state index contributed by atoms with van der Waals surface area (Å²) < 4.78 is 4.66. The molecule has 0 radical (unpaired) electrons. The number of rotatable bonds is 3. The zero-order valence-corrected chi connectivity index (χ0v) is 11.3. The van der Waals surface area contributed by atoms with Gasteiger partial charge in [0.25, 0.3) is 0 Å². The van der Waals surface area contributed by atoms with Gasteiger partial charge in [-0.2, -0.15) is 0 Å². The summed E-state index contributed by atoms with van der Waals surface area (Å²) in [6, 6.07) is 6.59. The average Bonchev–Trinajstić information content (AvgIpc) is 2.40. The highest BCUT2D eigenvalue weighted by Crippen LogP contribution is 2.28. The average molecular weight is 283 g/mol. The van der Waals surface area contributed by atoms with Crippen molar-refractivity contribution >= 4 is 23.5 Å². The Morgan fingerprint density at radius 3 is 2.95 bits per heavy atom. The van der Waals surface area contributed by atoms with Gasteiger partial charge in [0.15, 0.2) is 0 Å². The smallest absolute Gasteiger partial charge is 0.319 e. The highest BCUT2D eigenvalue weighted by atomic mass is 35.5. The lowest BCUT2D eigenvalue weighted by molar-refractivity contribution is -0.144. The van der Waals surface area contributed by atoms with Crippen molar-refractivity contribution in [1.82, 2.24) is 10.2 Å². The van der Waals surface area contributed by atoms with E-state index in [1.165, 1.54) is 7.11 Å². The van der Waals surface area contributed by atoms with Gasteiger partial charge >= 0.3 is 5.97 Å². The fourth-order valence-corrected chi connectivity index (χ4v) is 2.39. The molecule has 0 spiro atoms. The number of methoxy groups -OCH3 is 1. The van der Waals surface area contributed by atoms with Gasteiger partial charge in [0.2, 0.25) is 5.91 Å². The van der Waals surface area contributed by atoms with Gasteiger partial charge < -0.3 is 10.1 Å². The van der Waals surface area contributed by atoms with Crippen LogP contribution in [0.4, 0.5) is 0 Å². The highest BCUT2D eigenvalue weighted by Gasteiger charge is 2.33. The van der Waals surface area contributed by atoms with Crippen molar-refractivity contribution in [3.05, 3.63) is 34.9 Å². The van der Waals surface area contributed by atoms with Gasteiger partial charge in [-0.3, -0.25) is 14.5 Å². The number of carbonyl (C=O) groups is 2. The lowest BCUT2D eigenvalue weighted by Gasteiger charge is -2.34. The van der Waals surface area contributed by atoms with Crippen molar-refractivity contribution in [2.75, 3.05) is 26.7 Å². The fourth-order valence-electron chi connectivity index (χ4n) is 2.15. The molecule has 1 fully saturated rings. The third kappa shape index (κ3) is 3.05. The molecule has 1 aromatic rings. The highest BCUT2D eigenvalue weighted by molar-refractivity contribution is 6.31. The lowest BCUT2D eigenvalue weighted by Crippen LogP contribution is -2.51. The predicted molar refractivity (Wildman–Crippen MR) is 70.8 cm³/mol. The summed E-state index contributed by atoms with van der Waals surface area (Å²) in [6.07, 6.45) is 0. The molecule has 2 rings (SSSR count). The maximum atomic E-state index is 12.1. The minimum atomic E-state index is -0.554. The van der Waals surface area contributed by atoms with Crippen LogP contribution < -0.4 is 5.32 Å². The summed E-state index contributed by atoms with van der Waals surface area (Å²) in [7, 11) is 1.33. The zero-order chi connectivity index (χ0) is 13.8. The second-order valence-corrected chi connectivity index (χ2v) is 4.67. The summed E-state index contributed by atoms with van der Waals surface area (Å²) in [5, 5.41) is 3.30. The Balaban J connectivity index is 2.29. The van der Waals surface area contributed by atoms with Crippen molar-refractivity contribution in [2.45, 2.75) is 6.04 Å². The number of hydrogen-bond acceptors (Lipinski definition) is 4. The summed E-state index contributed by atoms with van der Waals surface area (Å²) >= 11 is 6.14. The molecule has 0 unspecified atom stereocenters. The molecule has 0 saturated carbocycles. The van der Waals surface area contributed by atoms with Crippen LogP contribution in [0.5, 0.6) is 0 Å². The van der Waals surface area contributed by atoms with E-state index in [0.717, 1.165) is 0 Å². The zero-order valence-electron chi connectivity index (χ0n) is 10.6. The van der Waals surface area contributed by atoms with Crippen LogP contribution in [0, 0.1) is 0 Å². The molecule has 1 saturated heterocycles. The van der Waals surface area contributed by atoms with Gasteiger partial charge in [-0.05, 0) is 11.6 Å². The van der Waals surface area contributed by atoms with Crippen LogP contribution in [0.1, 0.15) is 11.6 Å². The molecule has 1 heterocycles. The van der Waals surface area contributed by atoms with Crippen molar-refractivity contribution < 1.29 is 14.3 Å². The lowest BCUT2D eigenvalue weighted by atomic mass is 10.0. The van der Waals surface area contributed by atoms with E-state index in [2.05, 4.69) is 10.1 Å². The molecule has 1 aromatic carbocycles. The summed E-state index contributed by atoms with van der Waals surface area (Å²) in [6.45, 7) is 1.16. The third-order valence-electron chi connectivity index (χ3n) is 3.07. The molecule has 102 valence electrons. The number of piperazine rings is 1. The van der Waals surface area contributed by atoms with E-state index in [-0.39, 0.29) is 18.4 Å². The van der Waals surface area contributed by atoms with Gasteiger partial charge in [0, 0.05) is 18.1 Å². The minimum absolute atomic E-state index is 0.0693. The van der Waals surface area contributed by atoms with Crippen molar-refractivity contribution in [3.8, 4) is 0 Å². The molecule has 0 aliphatic carbocycles. The van der Waals surface area contributed by atoms with Crippen LogP contribution in [0.3, 0.4) is 0 Å². The number of nitrogens with one attached hydrogen (secondary N) is 1. The van der Waals surface area contributed by atoms with Gasteiger partial charge in [-0.1, -0.05) is 29.8 Å². The largest absolute Gasteiger partial charge is 0.468 e. The molecule has 1 atom stereocenters. The number of esters is 1. The SMILES string of the molecule is COC(=O)CN1CCNC(=O)[C@@H]1c1ccccc1Cl. The monoisotopic (exact) mass is 282 g/mol. The third-order valence-corrected chi connectivity index (χ3v) is 3.42. The van der Waals surface area contributed by atoms with Crippen molar-refractivity contribution in [3.63, 3.8) is 0 Å². The Labute approximate surface area is 116 Å². The van der Waals surface area contributed by atoms with Crippen molar-refractivity contribution in [2.24, 2.45) is 0 Å².